The van der Waals surface area contributed by atoms with Crippen molar-refractivity contribution in [1.29, 1.82) is 0 Å². The number of aryl methyl sites for hydroxylation is 1. The minimum absolute atomic E-state index is 0.288. The van der Waals surface area contributed by atoms with Gasteiger partial charge in [0.15, 0.2) is 0 Å². The summed E-state index contributed by atoms with van der Waals surface area (Å²) in [6.45, 7) is 3.85. The molecule has 4 nitrogen and oxygen atoms in total. The van der Waals surface area contributed by atoms with Crippen LogP contribution in [0.15, 0.2) is 48.5 Å². The molecular weight excluding hydrogens is 344 g/mol. The average molecular weight is 375 g/mol. The number of benzene rings is 2. The lowest BCUT2D eigenvalue weighted by Gasteiger charge is -2.16. The highest BCUT2D eigenvalue weighted by atomic mass is 32.2. The molecular formula is C21H30N2O2S. The molecule has 0 saturated heterocycles. The minimum Gasteiger partial charge on any atom is -0.491 e. The van der Waals surface area contributed by atoms with Gasteiger partial charge in [0.2, 0.25) is 0 Å². The van der Waals surface area contributed by atoms with E-state index in [1.165, 1.54) is 11.1 Å². The number of rotatable bonds is 11. The van der Waals surface area contributed by atoms with Crippen LogP contribution in [0.4, 0.5) is 5.69 Å². The zero-order valence-electron chi connectivity index (χ0n) is 15.9. The third-order valence-electron chi connectivity index (χ3n) is 4.37. The van der Waals surface area contributed by atoms with Crippen LogP contribution in [0.2, 0.25) is 0 Å². The molecule has 0 spiro atoms. The second-order valence-corrected chi connectivity index (χ2v) is 7.13. The maximum absolute atomic E-state index is 10.1. The Morgan fingerprint density at radius 1 is 1.12 bits per heavy atom. The largest absolute Gasteiger partial charge is 0.491 e. The zero-order chi connectivity index (χ0) is 18.8. The highest BCUT2D eigenvalue weighted by Gasteiger charge is 2.06. The maximum Gasteiger partial charge on any atom is 0.119 e. The van der Waals surface area contributed by atoms with E-state index in [1.54, 1.807) is 11.9 Å². The second-order valence-electron chi connectivity index (χ2n) is 6.22. The summed E-state index contributed by atoms with van der Waals surface area (Å²) in [6.07, 6.45) is 3.54. The standard InChI is InChI=1S/C21H30N2O2S/c1-4-17-7-5-6-8-18(17)13-14-22-15-20(24)16-25-21-11-9-19(10-12-21)23(2)26-3/h5-12,20,22,24H,4,13-16H2,1-3H3. The fourth-order valence-electron chi connectivity index (χ4n) is 2.75. The summed E-state index contributed by atoms with van der Waals surface area (Å²) < 4.78 is 7.76. The van der Waals surface area contributed by atoms with Gasteiger partial charge in [-0.15, -0.1) is 0 Å². The zero-order valence-corrected chi connectivity index (χ0v) is 16.8. The van der Waals surface area contributed by atoms with Crippen molar-refractivity contribution in [1.82, 2.24) is 5.32 Å². The van der Waals surface area contributed by atoms with Crippen molar-refractivity contribution in [3.8, 4) is 5.75 Å². The van der Waals surface area contributed by atoms with E-state index >= 15 is 0 Å². The summed E-state index contributed by atoms with van der Waals surface area (Å²) in [7, 11) is 2.02. The highest BCUT2D eigenvalue weighted by Crippen LogP contribution is 2.22. The van der Waals surface area contributed by atoms with Gasteiger partial charge in [0.1, 0.15) is 18.5 Å². The number of hydrogen-bond donors (Lipinski definition) is 2. The molecule has 0 heterocycles. The Balaban J connectivity index is 1.66. The molecule has 1 unspecified atom stereocenters. The predicted octanol–water partition coefficient (Wildman–Crippen LogP) is 3.54. The summed E-state index contributed by atoms with van der Waals surface area (Å²) in [5.74, 6) is 0.777. The number of aliphatic hydroxyl groups is 1. The first-order valence-electron chi connectivity index (χ1n) is 9.10. The Morgan fingerprint density at radius 3 is 2.46 bits per heavy atom. The van der Waals surface area contributed by atoms with E-state index in [2.05, 4.69) is 40.8 Å². The Kier molecular flexibility index (Phi) is 8.81. The third kappa shape index (κ3) is 6.56. The lowest BCUT2D eigenvalue weighted by Crippen LogP contribution is -2.32. The van der Waals surface area contributed by atoms with E-state index in [1.807, 2.05) is 37.6 Å². The molecule has 0 aromatic heterocycles. The molecule has 0 aliphatic carbocycles. The maximum atomic E-state index is 10.1. The van der Waals surface area contributed by atoms with Crippen LogP contribution in [0.5, 0.6) is 5.75 Å². The SMILES string of the molecule is CCc1ccccc1CCNCC(O)COc1ccc(N(C)SC)cc1. The quantitative estimate of drug-likeness (QED) is 0.465. The van der Waals surface area contributed by atoms with Crippen molar-refractivity contribution in [2.45, 2.75) is 25.9 Å². The molecule has 26 heavy (non-hydrogen) atoms. The summed E-state index contributed by atoms with van der Waals surface area (Å²) in [4.78, 5) is 0. The summed E-state index contributed by atoms with van der Waals surface area (Å²) in [5, 5.41) is 13.4. The number of aliphatic hydroxyl groups excluding tert-OH is 1. The van der Waals surface area contributed by atoms with Gasteiger partial charge in [-0.1, -0.05) is 43.1 Å². The lowest BCUT2D eigenvalue weighted by atomic mass is 10.0. The van der Waals surface area contributed by atoms with Crippen LogP contribution >= 0.6 is 11.9 Å². The van der Waals surface area contributed by atoms with E-state index in [9.17, 15) is 5.11 Å². The molecule has 1 atom stereocenters. The number of ether oxygens (including phenoxy) is 1. The molecule has 0 radical (unpaired) electrons. The predicted molar refractivity (Wildman–Crippen MR) is 112 cm³/mol. The molecule has 2 rings (SSSR count). The van der Waals surface area contributed by atoms with Crippen molar-refractivity contribution in [3.63, 3.8) is 0 Å². The van der Waals surface area contributed by atoms with E-state index in [0.717, 1.165) is 30.8 Å². The lowest BCUT2D eigenvalue weighted by molar-refractivity contribution is 0.106. The van der Waals surface area contributed by atoms with E-state index in [-0.39, 0.29) is 6.61 Å². The number of anilines is 1. The molecule has 0 aliphatic heterocycles. The van der Waals surface area contributed by atoms with Crippen molar-refractivity contribution >= 4 is 17.6 Å². The fraction of sp³-hybridized carbons (Fsp3) is 0.429. The summed E-state index contributed by atoms with van der Waals surface area (Å²) in [5.41, 5.74) is 3.90. The van der Waals surface area contributed by atoms with Crippen molar-refractivity contribution in [3.05, 3.63) is 59.7 Å². The Labute approximate surface area is 161 Å². The first-order chi connectivity index (χ1) is 12.6. The van der Waals surface area contributed by atoms with E-state index in [0.29, 0.717) is 6.54 Å². The monoisotopic (exact) mass is 374 g/mol. The Bertz CT molecular complexity index is 649. The third-order valence-corrected chi connectivity index (χ3v) is 5.13. The number of nitrogens with one attached hydrogen (secondary N) is 1. The minimum atomic E-state index is -0.523. The van der Waals surface area contributed by atoms with Crippen LogP contribution < -0.4 is 14.4 Å². The number of nitrogens with zero attached hydrogens (tertiary/aromatic N) is 1. The molecule has 0 saturated carbocycles. The Hall–Kier alpha value is -1.69. The van der Waals surface area contributed by atoms with Crippen molar-refractivity contribution < 1.29 is 9.84 Å². The molecule has 0 fully saturated rings. The highest BCUT2D eigenvalue weighted by molar-refractivity contribution is 7.99. The van der Waals surface area contributed by atoms with Gasteiger partial charge in [-0.25, -0.2) is 0 Å². The topological polar surface area (TPSA) is 44.7 Å². The van der Waals surface area contributed by atoms with Crippen LogP contribution in [0, 0.1) is 0 Å². The van der Waals surface area contributed by atoms with Gasteiger partial charge in [-0.3, -0.25) is 0 Å². The van der Waals surface area contributed by atoms with Gasteiger partial charge in [0.25, 0.3) is 0 Å². The molecule has 5 heteroatoms. The van der Waals surface area contributed by atoms with Gasteiger partial charge in [0, 0.05) is 25.5 Å². The van der Waals surface area contributed by atoms with E-state index in [4.69, 9.17) is 4.74 Å². The molecule has 0 amide bonds. The van der Waals surface area contributed by atoms with Gasteiger partial charge in [0.05, 0.1) is 0 Å². The first-order valence-corrected chi connectivity index (χ1v) is 10.3. The molecule has 2 aromatic carbocycles. The summed E-state index contributed by atoms with van der Waals surface area (Å²) >= 11 is 1.66. The van der Waals surface area contributed by atoms with Gasteiger partial charge in [-0.2, -0.15) is 0 Å². The van der Waals surface area contributed by atoms with Crippen molar-refractivity contribution in [2.24, 2.45) is 0 Å². The smallest absolute Gasteiger partial charge is 0.119 e. The molecule has 0 aliphatic rings. The fourth-order valence-corrected chi connectivity index (χ4v) is 3.08. The number of hydrogen-bond acceptors (Lipinski definition) is 5. The summed E-state index contributed by atoms with van der Waals surface area (Å²) in [6, 6.07) is 16.4. The molecule has 2 aromatic rings. The van der Waals surface area contributed by atoms with Gasteiger partial charge < -0.3 is 19.5 Å². The molecule has 0 bridgehead atoms. The van der Waals surface area contributed by atoms with Crippen LogP contribution in [0.1, 0.15) is 18.1 Å². The Morgan fingerprint density at radius 2 is 1.81 bits per heavy atom. The first kappa shape index (κ1) is 20.6. The van der Waals surface area contributed by atoms with Crippen molar-refractivity contribution in [2.75, 3.05) is 37.3 Å². The second kappa shape index (κ2) is 11.1. The van der Waals surface area contributed by atoms with Gasteiger partial charge in [-0.05, 0) is 54.8 Å². The molecule has 142 valence electrons. The van der Waals surface area contributed by atoms with Crippen LogP contribution in [-0.2, 0) is 12.8 Å². The molecule has 2 N–H and O–H groups in total. The van der Waals surface area contributed by atoms with Crippen LogP contribution in [0.25, 0.3) is 0 Å². The normalized spacial score (nSPS) is 12.0. The van der Waals surface area contributed by atoms with Crippen LogP contribution in [0.3, 0.4) is 0 Å². The van der Waals surface area contributed by atoms with Crippen LogP contribution in [-0.4, -0.2) is 44.2 Å². The average Bonchev–Trinajstić information content (AvgIpc) is 2.69. The van der Waals surface area contributed by atoms with E-state index < -0.39 is 6.10 Å². The van der Waals surface area contributed by atoms with Gasteiger partial charge >= 0.3 is 0 Å².